The molecule has 0 amide bonds. The van der Waals surface area contributed by atoms with Crippen molar-refractivity contribution in [1.82, 2.24) is 14.5 Å². The van der Waals surface area contributed by atoms with Crippen LogP contribution in [0.25, 0.3) is 42.6 Å². The van der Waals surface area contributed by atoms with Crippen LogP contribution in [0.3, 0.4) is 0 Å². The molecule has 0 aliphatic carbocycles. The first-order valence-corrected chi connectivity index (χ1v) is 16.7. The van der Waals surface area contributed by atoms with E-state index < -0.39 is 6.17 Å². The Labute approximate surface area is 276 Å². The predicted octanol–water partition coefficient (Wildman–Crippen LogP) is 11.2. The van der Waals surface area contributed by atoms with Crippen LogP contribution in [0.2, 0.25) is 0 Å². The van der Waals surface area contributed by atoms with Crippen LogP contribution in [0.15, 0.2) is 128 Å². The Morgan fingerprint density at radius 2 is 1.53 bits per heavy atom. The first kappa shape index (κ1) is 27.9. The number of benzene rings is 5. The number of pyridine rings is 1. The summed E-state index contributed by atoms with van der Waals surface area (Å²) in [6, 6.07) is 41.0. The van der Waals surface area contributed by atoms with E-state index in [1.54, 1.807) is 11.3 Å². The van der Waals surface area contributed by atoms with Gasteiger partial charge >= 0.3 is 0 Å². The lowest BCUT2D eigenvalue weighted by atomic mass is 9.74. The summed E-state index contributed by atoms with van der Waals surface area (Å²) in [5, 5.41) is 2.44. The molecule has 6 heteroatoms. The summed E-state index contributed by atoms with van der Waals surface area (Å²) in [5.74, 6) is 1.69. The average Bonchev–Trinajstić information content (AvgIpc) is 3.66. The van der Waals surface area contributed by atoms with Gasteiger partial charge in [-0.15, -0.1) is 11.3 Å². The van der Waals surface area contributed by atoms with Crippen molar-refractivity contribution >= 4 is 59.7 Å². The average molecular weight is 631 g/mol. The lowest BCUT2D eigenvalue weighted by Gasteiger charge is -2.41. The summed E-state index contributed by atoms with van der Waals surface area (Å²) in [4.78, 5) is 12.1. The van der Waals surface area contributed by atoms with Gasteiger partial charge in [0.1, 0.15) is 11.6 Å². The summed E-state index contributed by atoms with van der Waals surface area (Å²) in [7, 11) is 2.00. The fourth-order valence-electron chi connectivity index (χ4n) is 7.35. The number of anilines is 3. The van der Waals surface area contributed by atoms with Crippen LogP contribution in [-0.4, -0.2) is 14.5 Å². The van der Waals surface area contributed by atoms with E-state index in [1.807, 2.05) is 80.0 Å². The third kappa shape index (κ3) is 4.18. The molecule has 1 aliphatic rings. The van der Waals surface area contributed by atoms with Gasteiger partial charge in [0, 0.05) is 55.6 Å². The highest BCUT2D eigenvalue weighted by Gasteiger charge is 2.39. The van der Waals surface area contributed by atoms with E-state index in [0.717, 1.165) is 45.2 Å². The second-order valence-electron chi connectivity index (χ2n) is 12.8. The molecule has 0 N–H and O–H groups in total. The van der Waals surface area contributed by atoms with Crippen LogP contribution in [0, 0.1) is 0 Å². The topological polar surface area (TPSA) is 34.0 Å². The first-order valence-electron chi connectivity index (χ1n) is 15.9. The molecule has 0 saturated carbocycles. The number of rotatable bonds is 4. The number of aromatic nitrogens is 3. The van der Waals surface area contributed by atoms with Gasteiger partial charge in [-0.05, 0) is 65.2 Å². The SMILES string of the molecule is Cn1c(-c2cccc(C(F)c3cccc(N4c5ncccc5C(C)(C)c5ccc6sc7ccccc7c6c54)c3)c2)nc2ccccc21. The molecule has 47 heavy (non-hydrogen) atoms. The molecule has 5 aromatic carbocycles. The maximum atomic E-state index is 16.7. The third-order valence-corrected chi connectivity index (χ3v) is 10.9. The smallest absolute Gasteiger partial charge is 0.150 e. The predicted molar refractivity (Wildman–Crippen MR) is 193 cm³/mol. The minimum Gasteiger partial charge on any atom is -0.327 e. The largest absolute Gasteiger partial charge is 0.327 e. The van der Waals surface area contributed by atoms with E-state index >= 15 is 4.39 Å². The highest BCUT2D eigenvalue weighted by atomic mass is 32.1. The Morgan fingerprint density at radius 1 is 0.745 bits per heavy atom. The van der Waals surface area contributed by atoms with E-state index in [0.29, 0.717) is 11.1 Å². The zero-order valence-electron chi connectivity index (χ0n) is 26.3. The van der Waals surface area contributed by atoms with E-state index in [4.69, 9.17) is 9.97 Å². The molecule has 1 atom stereocenters. The Morgan fingerprint density at radius 3 is 2.40 bits per heavy atom. The number of nitrogens with zero attached hydrogens (tertiary/aromatic N) is 4. The highest BCUT2D eigenvalue weighted by Crippen LogP contribution is 2.55. The molecule has 0 fully saturated rings. The van der Waals surface area contributed by atoms with Crippen molar-refractivity contribution < 1.29 is 4.39 Å². The molecule has 4 nitrogen and oxygen atoms in total. The molecule has 0 saturated heterocycles. The number of thiophene rings is 1. The van der Waals surface area contributed by atoms with Crippen LogP contribution in [0.5, 0.6) is 0 Å². The summed E-state index contributed by atoms with van der Waals surface area (Å²) in [6.07, 6.45) is 0.527. The number of halogens is 1. The van der Waals surface area contributed by atoms with E-state index in [-0.39, 0.29) is 5.41 Å². The Kier molecular flexibility index (Phi) is 6.15. The van der Waals surface area contributed by atoms with Gasteiger partial charge in [0.2, 0.25) is 0 Å². The molecule has 0 radical (unpaired) electrons. The van der Waals surface area contributed by atoms with Gasteiger partial charge in [-0.3, -0.25) is 4.90 Å². The maximum absolute atomic E-state index is 16.7. The molecular formula is C41H31FN4S. The van der Waals surface area contributed by atoms with Crippen LogP contribution < -0.4 is 4.90 Å². The minimum absolute atomic E-state index is 0.275. The maximum Gasteiger partial charge on any atom is 0.150 e. The lowest BCUT2D eigenvalue weighted by Crippen LogP contribution is -2.31. The number of para-hydroxylation sites is 2. The molecule has 228 valence electrons. The molecule has 9 rings (SSSR count). The molecule has 8 aromatic rings. The lowest BCUT2D eigenvalue weighted by molar-refractivity contribution is 0.402. The number of fused-ring (bicyclic) bond motifs is 7. The quantitative estimate of drug-likeness (QED) is 0.194. The van der Waals surface area contributed by atoms with E-state index in [2.05, 4.69) is 77.9 Å². The molecule has 0 bridgehead atoms. The van der Waals surface area contributed by atoms with Crippen molar-refractivity contribution in [3.63, 3.8) is 0 Å². The van der Waals surface area contributed by atoms with Gasteiger partial charge in [-0.25, -0.2) is 14.4 Å². The third-order valence-electron chi connectivity index (χ3n) is 9.73. The van der Waals surface area contributed by atoms with Gasteiger partial charge in [-0.1, -0.05) is 86.6 Å². The Hall–Kier alpha value is -5.33. The number of hydrogen-bond acceptors (Lipinski definition) is 4. The highest BCUT2D eigenvalue weighted by molar-refractivity contribution is 7.26. The number of aryl methyl sites for hydroxylation is 1. The number of hydrogen-bond donors (Lipinski definition) is 0. The summed E-state index contributed by atoms with van der Waals surface area (Å²) in [5.41, 5.74) is 8.14. The summed E-state index contributed by atoms with van der Waals surface area (Å²) >= 11 is 1.81. The van der Waals surface area contributed by atoms with Crippen molar-refractivity contribution in [3.05, 3.63) is 150 Å². The van der Waals surface area contributed by atoms with Crippen molar-refractivity contribution in [2.24, 2.45) is 7.05 Å². The number of alkyl halides is 1. The zero-order chi connectivity index (χ0) is 31.9. The van der Waals surface area contributed by atoms with Crippen molar-refractivity contribution in [2.45, 2.75) is 25.4 Å². The molecule has 0 spiro atoms. The van der Waals surface area contributed by atoms with E-state index in [9.17, 15) is 0 Å². The normalized spacial score (nSPS) is 14.4. The van der Waals surface area contributed by atoms with E-state index in [1.165, 1.54) is 25.7 Å². The van der Waals surface area contributed by atoms with Gasteiger partial charge < -0.3 is 4.57 Å². The fraction of sp³-hybridized carbons (Fsp3) is 0.122. The van der Waals surface area contributed by atoms with Crippen molar-refractivity contribution in [3.8, 4) is 11.4 Å². The molecule has 1 aliphatic heterocycles. The van der Waals surface area contributed by atoms with Crippen molar-refractivity contribution in [2.75, 3.05) is 4.90 Å². The minimum atomic E-state index is -1.33. The molecule has 3 aromatic heterocycles. The molecular weight excluding hydrogens is 600 g/mol. The standard InChI is InChI=1S/C41H31FN4S/c1-41(2)30-20-21-35-36(29-15-4-7-19-34(29)47-35)38(30)46(40-31(41)16-10-22-43-40)28-14-9-12-26(24-28)37(42)25-11-8-13-27(23-25)39-44-32-17-5-6-18-33(32)45(39)3/h4-24,37H,1-3H3. The van der Waals surface area contributed by atoms with Gasteiger partial charge in [0.05, 0.1) is 16.7 Å². The van der Waals surface area contributed by atoms with Gasteiger partial charge in [0.25, 0.3) is 0 Å². The van der Waals surface area contributed by atoms with Crippen LogP contribution in [-0.2, 0) is 12.5 Å². The second-order valence-corrected chi connectivity index (χ2v) is 13.9. The molecule has 4 heterocycles. The summed E-state index contributed by atoms with van der Waals surface area (Å²) in [6.45, 7) is 4.55. The van der Waals surface area contributed by atoms with Gasteiger partial charge in [-0.2, -0.15) is 0 Å². The number of imidazole rings is 1. The Balaban J connectivity index is 1.20. The summed E-state index contributed by atoms with van der Waals surface area (Å²) < 4.78 is 21.2. The molecule has 1 unspecified atom stereocenters. The zero-order valence-corrected chi connectivity index (χ0v) is 27.1. The van der Waals surface area contributed by atoms with Crippen LogP contribution >= 0.6 is 11.3 Å². The van der Waals surface area contributed by atoms with Crippen LogP contribution in [0.4, 0.5) is 21.6 Å². The fourth-order valence-corrected chi connectivity index (χ4v) is 8.46. The Bertz CT molecular complexity index is 2510. The monoisotopic (exact) mass is 630 g/mol. The second kappa shape index (κ2) is 10.3. The van der Waals surface area contributed by atoms with Crippen molar-refractivity contribution in [1.29, 1.82) is 0 Å². The van der Waals surface area contributed by atoms with Gasteiger partial charge in [0.15, 0.2) is 6.17 Å². The first-order chi connectivity index (χ1) is 22.9. The van der Waals surface area contributed by atoms with Crippen LogP contribution in [0.1, 0.15) is 42.3 Å².